The van der Waals surface area contributed by atoms with E-state index in [1.165, 1.54) is 3.57 Å². The first-order valence-electron chi connectivity index (χ1n) is 5.42. The molecule has 0 spiro atoms. The fourth-order valence-corrected chi connectivity index (χ4v) is 2.44. The van der Waals surface area contributed by atoms with Gasteiger partial charge in [0.05, 0.1) is 9.67 Å². The lowest BCUT2D eigenvalue weighted by Crippen LogP contribution is -2.31. The Balaban J connectivity index is 1.95. The van der Waals surface area contributed by atoms with E-state index in [2.05, 4.69) is 28.7 Å². The van der Waals surface area contributed by atoms with Crippen molar-refractivity contribution in [2.45, 2.75) is 37.8 Å². The minimum atomic E-state index is 0.362. The maximum absolute atomic E-state index is 5.97. The number of ether oxygens (including phenoxy) is 1. The van der Waals surface area contributed by atoms with Crippen LogP contribution in [0.3, 0.4) is 0 Å². The molecule has 1 saturated carbocycles. The van der Waals surface area contributed by atoms with Gasteiger partial charge in [0.2, 0.25) is 0 Å². The minimum Gasteiger partial charge on any atom is -0.489 e. The Kier molecular flexibility index (Phi) is 3.86. The smallest absolute Gasteiger partial charge is 0.133 e. The van der Waals surface area contributed by atoms with Crippen molar-refractivity contribution in [2.24, 2.45) is 5.73 Å². The molecule has 0 unspecified atom stereocenters. The van der Waals surface area contributed by atoms with Crippen LogP contribution in [-0.4, -0.2) is 12.1 Å². The van der Waals surface area contributed by atoms with Crippen LogP contribution in [-0.2, 0) is 0 Å². The summed E-state index contributed by atoms with van der Waals surface area (Å²) in [7, 11) is 0. The summed E-state index contributed by atoms with van der Waals surface area (Å²) in [5, 5.41) is 0. The van der Waals surface area contributed by atoms with Crippen molar-refractivity contribution < 1.29 is 4.74 Å². The highest BCUT2D eigenvalue weighted by Crippen LogP contribution is 2.26. The van der Waals surface area contributed by atoms with Gasteiger partial charge in [0.25, 0.3) is 0 Å². The van der Waals surface area contributed by atoms with Gasteiger partial charge < -0.3 is 10.5 Å². The zero-order valence-electron chi connectivity index (χ0n) is 8.66. The molecule has 82 valence electrons. The average Bonchev–Trinajstić information content (AvgIpc) is 2.25. The first kappa shape index (κ1) is 11.2. The largest absolute Gasteiger partial charge is 0.489 e. The third-order valence-corrected chi connectivity index (χ3v) is 3.74. The SMILES string of the molecule is NC1CCC(Oc2ccccc2I)CC1. The number of hydrogen-bond donors (Lipinski definition) is 1. The number of benzene rings is 1. The molecule has 0 radical (unpaired) electrons. The first-order chi connectivity index (χ1) is 7.25. The van der Waals surface area contributed by atoms with Crippen molar-refractivity contribution >= 4 is 22.6 Å². The molecule has 0 atom stereocenters. The Hall–Kier alpha value is -0.290. The Bertz CT molecular complexity index is 321. The quantitative estimate of drug-likeness (QED) is 0.851. The first-order valence-corrected chi connectivity index (χ1v) is 6.50. The van der Waals surface area contributed by atoms with Gasteiger partial charge in [-0.2, -0.15) is 0 Å². The van der Waals surface area contributed by atoms with Crippen LogP contribution in [0.2, 0.25) is 0 Å². The van der Waals surface area contributed by atoms with E-state index in [1.54, 1.807) is 0 Å². The minimum absolute atomic E-state index is 0.362. The summed E-state index contributed by atoms with van der Waals surface area (Å²) in [6.45, 7) is 0. The molecule has 0 amide bonds. The second kappa shape index (κ2) is 5.16. The van der Waals surface area contributed by atoms with E-state index in [0.717, 1.165) is 31.4 Å². The monoisotopic (exact) mass is 317 g/mol. The molecule has 1 fully saturated rings. The van der Waals surface area contributed by atoms with Crippen LogP contribution in [0.15, 0.2) is 24.3 Å². The van der Waals surface area contributed by atoms with Gasteiger partial charge in [-0.3, -0.25) is 0 Å². The Morgan fingerprint density at radius 1 is 1.13 bits per heavy atom. The van der Waals surface area contributed by atoms with Crippen LogP contribution in [0.5, 0.6) is 5.75 Å². The molecule has 0 bridgehead atoms. The summed E-state index contributed by atoms with van der Waals surface area (Å²) < 4.78 is 7.16. The maximum atomic E-state index is 5.97. The standard InChI is InChI=1S/C12H16INO/c13-11-3-1-2-4-12(11)15-10-7-5-9(14)6-8-10/h1-4,9-10H,5-8,14H2. The summed E-state index contributed by atoms with van der Waals surface area (Å²) in [6.07, 6.45) is 4.72. The lowest BCUT2D eigenvalue weighted by molar-refractivity contribution is 0.146. The second-order valence-electron chi connectivity index (χ2n) is 4.09. The topological polar surface area (TPSA) is 35.2 Å². The number of halogens is 1. The number of rotatable bonds is 2. The summed E-state index contributed by atoms with van der Waals surface area (Å²) in [4.78, 5) is 0. The third-order valence-electron chi connectivity index (χ3n) is 2.85. The van der Waals surface area contributed by atoms with Crippen LogP contribution in [0.4, 0.5) is 0 Å². The maximum Gasteiger partial charge on any atom is 0.133 e. The Morgan fingerprint density at radius 2 is 1.80 bits per heavy atom. The summed E-state index contributed by atoms with van der Waals surface area (Å²) in [5.74, 6) is 1.01. The Labute approximate surface area is 104 Å². The molecule has 0 saturated heterocycles. The molecule has 1 aliphatic carbocycles. The molecule has 1 aromatic carbocycles. The van der Waals surface area contributed by atoms with E-state index in [0.29, 0.717) is 12.1 Å². The molecule has 0 aliphatic heterocycles. The molecular weight excluding hydrogens is 301 g/mol. The second-order valence-corrected chi connectivity index (χ2v) is 5.25. The van der Waals surface area contributed by atoms with Crippen LogP contribution in [0.25, 0.3) is 0 Å². The summed E-state index contributed by atoms with van der Waals surface area (Å²) >= 11 is 2.31. The summed E-state index contributed by atoms with van der Waals surface area (Å²) in [5.41, 5.74) is 5.86. The molecule has 3 heteroatoms. The van der Waals surface area contributed by atoms with Crippen LogP contribution < -0.4 is 10.5 Å². The predicted octanol–water partition coefficient (Wildman–Crippen LogP) is 2.94. The van der Waals surface area contributed by atoms with Crippen molar-refractivity contribution in [3.05, 3.63) is 27.8 Å². The van der Waals surface area contributed by atoms with Gasteiger partial charge in [-0.25, -0.2) is 0 Å². The zero-order valence-corrected chi connectivity index (χ0v) is 10.8. The molecule has 2 nitrogen and oxygen atoms in total. The Morgan fingerprint density at radius 3 is 2.47 bits per heavy atom. The van der Waals surface area contributed by atoms with Crippen molar-refractivity contribution in [2.75, 3.05) is 0 Å². The van der Waals surface area contributed by atoms with E-state index in [4.69, 9.17) is 10.5 Å². The predicted molar refractivity (Wildman–Crippen MR) is 70.0 cm³/mol. The van der Waals surface area contributed by atoms with Gasteiger partial charge in [0.15, 0.2) is 0 Å². The molecule has 15 heavy (non-hydrogen) atoms. The van der Waals surface area contributed by atoms with Gasteiger partial charge in [-0.15, -0.1) is 0 Å². The number of hydrogen-bond acceptors (Lipinski definition) is 2. The third kappa shape index (κ3) is 3.08. The van der Waals surface area contributed by atoms with E-state index >= 15 is 0 Å². The highest BCUT2D eigenvalue weighted by Gasteiger charge is 2.20. The van der Waals surface area contributed by atoms with Crippen molar-refractivity contribution in [3.8, 4) is 5.75 Å². The van der Waals surface area contributed by atoms with Gasteiger partial charge in [-0.05, 0) is 60.4 Å². The van der Waals surface area contributed by atoms with Gasteiger partial charge in [0, 0.05) is 6.04 Å². The van der Waals surface area contributed by atoms with Crippen molar-refractivity contribution in [1.29, 1.82) is 0 Å². The highest BCUT2D eigenvalue weighted by atomic mass is 127. The van der Waals surface area contributed by atoms with Gasteiger partial charge in [0.1, 0.15) is 5.75 Å². The van der Waals surface area contributed by atoms with E-state index in [-0.39, 0.29) is 0 Å². The lowest BCUT2D eigenvalue weighted by atomic mass is 9.94. The normalized spacial score (nSPS) is 26.3. The molecule has 0 heterocycles. The van der Waals surface area contributed by atoms with Crippen LogP contribution >= 0.6 is 22.6 Å². The van der Waals surface area contributed by atoms with E-state index < -0.39 is 0 Å². The van der Waals surface area contributed by atoms with Crippen LogP contribution in [0.1, 0.15) is 25.7 Å². The molecule has 0 aromatic heterocycles. The molecule has 1 aliphatic rings. The average molecular weight is 317 g/mol. The van der Waals surface area contributed by atoms with Crippen LogP contribution in [0, 0.1) is 3.57 Å². The summed E-state index contributed by atoms with van der Waals surface area (Å²) in [6, 6.07) is 8.55. The van der Waals surface area contributed by atoms with Gasteiger partial charge in [-0.1, -0.05) is 12.1 Å². The zero-order chi connectivity index (χ0) is 10.7. The van der Waals surface area contributed by atoms with Gasteiger partial charge >= 0.3 is 0 Å². The number of nitrogens with two attached hydrogens (primary N) is 1. The fraction of sp³-hybridized carbons (Fsp3) is 0.500. The van der Waals surface area contributed by atoms with Crippen molar-refractivity contribution in [1.82, 2.24) is 0 Å². The lowest BCUT2D eigenvalue weighted by Gasteiger charge is -2.27. The number of para-hydroxylation sites is 1. The van der Waals surface area contributed by atoms with E-state index in [9.17, 15) is 0 Å². The van der Waals surface area contributed by atoms with E-state index in [1.807, 2.05) is 18.2 Å². The molecule has 2 N–H and O–H groups in total. The van der Waals surface area contributed by atoms with Crippen molar-refractivity contribution in [3.63, 3.8) is 0 Å². The molecule has 2 rings (SSSR count). The fourth-order valence-electron chi connectivity index (χ4n) is 1.93. The molecule has 1 aromatic rings. The molecular formula is C12H16INO. The highest BCUT2D eigenvalue weighted by molar-refractivity contribution is 14.1.